The Labute approximate surface area is 226 Å². The second kappa shape index (κ2) is 10.5. The number of nitrogens with one attached hydrogen (secondary N) is 2. The van der Waals surface area contributed by atoms with Gasteiger partial charge in [-0.1, -0.05) is 71.2 Å². The summed E-state index contributed by atoms with van der Waals surface area (Å²) < 4.78 is 36.1. The lowest BCUT2D eigenvalue weighted by Crippen LogP contribution is -2.53. The average molecular weight is 575 g/mol. The van der Waals surface area contributed by atoms with Crippen LogP contribution in [0.1, 0.15) is 44.7 Å². The number of hydrogen-bond donors (Lipinski definition) is 2. The standard InChI is InChI=1S/C25H27Cl3FN3O3S/c1-23(2,29)14-20(22(33)32-24(15-30)12-13-24)31-21(25(26,27)28)18-6-4-16(5-7-18)17-8-10-19(11-9-17)36(3,34)35/h4-11,20-21,31H,12-14H2,1-3H3,(H,32,33)/t20-,21-/m0/s1. The van der Waals surface area contributed by atoms with Crippen molar-refractivity contribution < 1.29 is 17.6 Å². The quantitative estimate of drug-likeness (QED) is 0.389. The SMILES string of the molecule is CC(C)(F)C[C@H](N[C@@H](c1ccc(-c2ccc(S(C)(=O)=O)cc2)cc1)C(Cl)(Cl)Cl)C(=O)NC1(C#N)CC1. The molecule has 0 unspecified atom stereocenters. The van der Waals surface area contributed by atoms with Crippen LogP contribution in [0.25, 0.3) is 11.1 Å². The van der Waals surface area contributed by atoms with E-state index in [4.69, 9.17) is 34.8 Å². The third kappa shape index (κ3) is 7.56. The van der Waals surface area contributed by atoms with Crippen LogP contribution in [-0.4, -0.2) is 41.6 Å². The van der Waals surface area contributed by atoms with Gasteiger partial charge in [0.1, 0.15) is 11.2 Å². The normalized spacial score (nSPS) is 17.1. The maximum absolute atomic E-state index is 14.6. The van der Waals surface area contributed by atoms with Crippen LogP contribution >= 0.6 is 34.8 Å². The fourth-order valence-corrected chi connectivity index (χ4v) is 4.97. The van der Waals surface area contributed by atoms with Crippen molar-refractivity contribution in [3.8, 4) is 17.2 Å². The van der Waals surface area contributed by atoms with Crippen LogP contribution in [0, 0.1) is 11.3 Å². The maximum atomic E-state index is 14.6. The summed E-state index contributed by atoms with van der Waals surface area (Å²) in [5, 5.41) is 15.0. The van der Waals surface area contributed by atoms with Crippen molar-refractivity contribution in [1.29, 1.82) is 5.26 Å². The van der Waals surface area contributed by atoms with E-state index in [2.05, 4.69) is 16.7 Å². The van der Waals surface area contributed by atoms with Crippen molar-refractivity contribution in [1.82, 2.24) is 10.6 Å². The van der Waals surface area contributed by atoms with Crippen molar-refractivity contribution in [3.05, 3.63) is 54.1 Å². The number of amides is 1. The Bertz CT molecular complexity index is 1250. The van der Waals surface area contributed by atoms with E-state index >= 15 is 0 Å². The zero-order valence-corrected chi connectivity index (χ0v) is 23.1. The molecule has 1 aliphatic rings. The van der Waals surface area contributed by atoms with Crippen LogP contribution in [0.5, 0.6) is 0 Å². The molecule has 2 aromatic rings. The van der Waals surface area contributed by atoms with Gasteiger partial charge in [-0.05, 0) is 55.5 Å². The van der Waals surface area contributed by atoms with Crippen LogP contribution in [0.3, 0.4) is 0 Å². The van der Waals surface area contributed by atoms with Gasteiger partial charge in [0, 0.05) is 12.7 Å². The van der Waals surface area contributed by atoms with Gasteiger partial charge in [0.2, 0.25) is 9.70 Å². The Morgan fingerprint density at radius 3 is 1.97 bits per heavy atom. The molecule has 1 fully saturated rings. The highest BCUT2D eigenvalue weighted by atomic mass is 35.6. The molecule has 0 spiro atoms. The van der Waals surface area contributed by atoms with Crippen molar-refractivity contribution >= 4 is 50.5 Å². The number of carbonyl (C=O) groups excluding carboxylic acids is 1. The molecule has 1 aliphatic carbocycles. The third-order valence-corrected chi connectivity index (χ3v) is 7.67. The lowest BCUT2D eigenvalue weighted by Gasteiger charge is -2.32. The average Bonchev–Trinajstić information content (AvgIpc) is 3.54. The van der Waals surface area contributed by atoms with Crippen molar-refractivity contribution in [2.75, 3.05) is 6.26 Å². The van der Waals surface area contributed by atoms with Gasteiger partial charge in [0.25, 0.3) is 0 Å². The summed E-state index contributed by atoms with van der Waals surface area (Å²) in [5.74, 6) is -0.540. The molecule has 194 valence electrons. The number of nitrogens with zero attached hydrogens (tertiary/aromatic N) is 1. The second-order valence-corrected chi connectivity index (χ2v) is 14.1. The minimum Gasteiger partial charge on any atom is -0.336 e. The first kappa shape index (κ1) is 28.7. The first-order valence-electron chi connectivity index (χ1n) is 11.2. The summed E-state index contributed by atoms with van der Waals surface area (Å²) in [6.07, 6.45) is 1.99. The molecule has 1 amide bonds. The van der Waals surface area contributed by atoms with Crippen molar-refractivity contribution in [3.63, 3.8) is 0 Å². The molecule has 0 aliphatic heterocycles. The van der Waals surface area contributed by atoms with E-state index in [0.29, 0.717) is 18.4 Å². The molecule has 0 saturated heterocycles. The van der Waals surface area contributed by atoms with Gasteiger partial charge in [-0.3, -0.25) is 10.1 Å². The Balaban J connectivity index is 1.86. The molecule has 2 atom stereocenters. The van der Waals surface area contributed by atoms with Crippen LogP contribution < -0.4 is 10.6 Å². The molecule has 1 saturated carbocycles. The summed E-state index contributed by atoms with van der Waals surface area (Å²) in [6, 6.07) is 13.5. The maximum Gasteiger partial charge on any atom is 0.238 e. The Kier molecular flexibility index (Phi) is 8.34. The fourth-order valence-electron chi connectivity index (χ4n) is 3.77. The summed E-state index contributed by atoms with van der Waals surface area (Å²) in [7, 11) is -3.31. The van der Waals surface area contributed by atoms with Crippen LogP contribution in [-0.2, 0) is 14.6 Å². The summed E-state index contributed by atoms with van der Waals surface area (Å²) in [5.41, 5.74) is -0.511. The van der Waals surface area contributed by atoms with Gasteiger partial charge in [-0.2, -0.15) is 5.26 Å². The first-order valence-corrected chi connectivity index (χ1v) is 14.2. The monoisotopic (exact) mass is 573 g/mol. The highest BCUT2D eigenvalue weighted by Gasteiger charge is 2.47. The molecule has 6 nitrogen and oxygen atoms in total. The van der Waals surface area contributed by atoms with E-state index in [0.717, 1.165) is 17.4 Å². The summed E-state index contributed by atoms with van der Waals surface area (Å²) in [6.45, 7) is 2.70. The van der Waals surface area contributed by atoms with Crippen LogP contribution in [0.4, 0.5) is 4.39 Å². The van der Waals surface area contributed by atoms with E-state index in [1.807, 2.05) is 0 Å². The predicted molar refractivity (Wildman–Crippen MR) is 140 cm³/mol. The molecule has 0 heterocycles. The third-order valence-electron chi connectivity index (χ3n) is 5.89. The zero-order valence-electron chi connectivity index (χ0n) is 20.0. The molecule has 11 heteroatoms. The highest BCUT2D eigenvalue weighted by Crippen LogP contribution is 2.41. The van der Waals surface area contributed by atoms with Gasteiger partial charge in [0.15, 0.2) is 9.84 Å². The van der Waals surface area contributed by atoms with E-state index < -0.39 is 42.8 Å². The summed E-state index contributed by atoms with van der Waals surface area (Å²) >= 11 is 18.8. The topological polar surface area (TPSA) is 99.1 Å². The molecule has 0 aromatic heterocycles. The second-order valence-electron chi connectivity index (χ2n) is 9.72. The number of carbonyl (C=O) groups is 1. The van der Waals surface area contributed by atoms with Crippen molar-refractivity contribution in [2.24, 2.45) is 0 Å². The molecule has 3 rings (SSSR count). The van der Waals surface area contributed by atoms with Gasteiger partial charge in [-0.25, -0.2) is 12.8 Å². The molecule has 0 bridgehead atoms. The van der Waals surface area contributed by atoms with E-state index in [-0.39, 0.29) is 11.3 Å². The largest absolute Gasteiger partial charge is 0.336 e. The molecule has 0 radical (unpaired) electrons. The van der Waals surface area contributed by atoms with Gasteiger partial charge in [0.05, 0.1) is 23.0 Å². The molecular formula is C25H27Cl3FN3O3S. The van der Waals surface area contributed by atoms with E-state index in [9.17, 15) is 22.9 Å². The molecular weight excluding hydrogens is 548 g/mol. The molecule has 2 N–H and O–H groups in total. The molecule has 36 heavy (non-hydrogen) atoms. The zero-order chi connectivity index (χ0) is 26.9. The summed E-state index contributed by atoms with van der Waals surface area (Å²) in [4.78, 5) is 13.2. The van der Waals surface area contributed by atoms with Gasteiger partial charge in [-0.15, -0.1) is 0 Å². The lowest BCUT2D eigenvalue weighted by molar-refractivity contribution is -0.125. The number of benzene rings is 2. The highest BCUT2D eigenvalue weighted by molar-refractivity contribution is 7.90. The van der Waals surface area contributed by atoms with Gasteiger partial charge >= 0.3 is 0 Å². The Morgan fingerprint density at radius 1 is 1.08 bits per heavy atom. The number of nitriles is 1. The molecule has 2 aromatic carbocycles. The minimum atomic E-state index is -3.31. The number of hydrogen-bond acceptors (Lipinski definition) is 5. The van der Waals surface area contributed by atoms with Gasteiger partial charge < -0.3 is 5.32 Å². The number of rotatable bonds is 9. The number of halogens is 4. The number of alkyl halides is 4. The number of sulfone groups is 1. The Hall–Kier alpha value is -1.89. The predicted octanol–water partition coefficient (Wildman–Crippen LogP) is 5.44. The fraction of sp³-hybridized carbons (Fsp3) is 0.440. The minimum absolute atomic E-state index is 0.206. The smallest absolute Gasteiger partial charge is 0.238 e. The van der Waals surface area contributed by atoms with Crippen molar-refractivity contribution in [2.45, 2.75) is 65.1 Å². The Morgan fingerprint density at radius 2 is 1.58 bits per heavy atom. The van der Waals surface area contributed by atoms with E-state index in [1.165, 1.54) is 26.0 Å². The first-order chi connectivity index (χ1) is 16.5. The van der Waals surface area contributed by atoms with E-state index in [1.54, 1.807) is 36.4 Å². The van der Waals surface area contributed by atoms with Crippen LogP contribution in [0.2, 0.25) is 0 Å². The van der Waals surface area contributed by atoms with Crippen LogP contribution in [0.15, 0.2) is 53.4 Å². The lowest BCUT2D eigenvalue weighted by atomic mass is 9.97.